The Labute approximate surface area is 190 Å². The number of phenols is 1. The summed E-state index contributed by atoms with van der Waals surface area (Å²) < 4.78 is 6.86. The Kier molecular flexibility index (Phi) is 5.11. The number of hydrogen-bond acceptors (Lipinski definition) is 3. The van der Waals surface area contributed by atoms with Crippen LogP contribution in [0, 0.1) is 0 Å². The van der Waals surface area contributed by atoms with Crippen molar-refractivity contribution in [1.82, 2.24) is 0 Å². The highest BCUT2D eigenvalue weighted by molar-refractivity contribution is 6.35. The molecule has 0 saturated heterocycles. The standard InChI is InChI=1S/C26H19Cl2NO2/c27-19-15-20(24(30)22(28)16-19)25-29-23-14-8-7-13-21(23)26(31-25,17-9-3-1-4-10-17)18-11-5-2-6-12-18/h1-16,25,29-30H/t25-/m0/s1. The topological polar surface area (TPSA) is 41.5 Å². The van der Waals surface area contributed by atoms with Gasteiger partial charge in [-0.15, -0.1) is 0 Å². The van der Waals surface area contributed by atoms with Crippen molar-refractivity contribution < 1.29 is 9.84 Å². The zero-order chi connectivity index (χ0) is 21.4. The van der Waals surface area contributed by atoms with Crippen LogP contribution < -0.4 is 5.32 Å². The minimum Gasteiger partial charge on any atom is -0.506 e. The number of anilines is 1. The monoisotopic (exact) mass is 447 g/mol. The molecule has 5 heteroatoms. The summed E-state index contributed by atoms with van der Waals surface area (Å²) >= 11 is 12.5. The van der Waals surface area contributed by atoms with Gasteiger partial charge in [0.1, 0.15) is 11.4 Å². The fraction of sp³-hybridized carbons (Fsp3) is 0.0769. The van der Waals surface area contributed by atoms with Gasteiger partial charge in [0.15, 0.2) is 6.23 Å². The molecule has 1 heterocycles. The van der Waals surface area contributed by atoms with E-state index in [9.17, 15) is 5.11 Å². The van der Waals surface area contributed by atoms with Crippen molar-refractivity contribution in [3.63, 3.8) is 0 Å². The quantitative estimate of drug-likeness (QED) is 0.350. The molecule has 0 aliphatic carbocycles. The van der Waals surface area contributed by atoms with E-state index < -0.39 is 11.8 Å². The van der Waals surface area contributed by atoms with Gasteiger partial charge < -0.3 is 15.2 Å². The van der Waals surface area contributed by atoms with Gasteiger partial charge in [0, 0.05) is 21.8 Å². The number of benzene rings is 4. The molecule has 3 nitrogen and oxygen atoms in total. The summed E-state index contributed by atoms with van der Waals surface area (Å²) in [6.07, 6.45) is -0.688. The van der Waals surface area contributed by atoms with Crippen LogP contribution >= 0.6 is 23.2 Å². The first-order chi connectivity index (χ1) is 15.1. The van der Waals surface area contributed by atoms with Crippen LogP contribution in [-0.4, -0.2) is 5.11 Å². The number of para-hydroxylation sites is 1. The highest BCUT2D eigenvalue weighted by atomic mass is 35.5. The molecule has 4 aromatic carbocycles. The number of ether oxygens (including phenoxy) is 1. The second kappa shape index (κ2) is 7.93. The third-order valence-corrected chi connectivity index (χ3v) is 6.09. The van der Waals surface area contributed by atoms with Crippen LogP contribution in [0.2, 0.25) is 10.0 Å². The lowest BCUT2D eigenvalue weighted by atomic mass is 9.78. The van der Waals surface area contributed by atoms with Crippen molar-refractivity contribution in [2.24, 2.45) is 0 Å². The summed E-state index contributed by atoms with van der Waals surface area (Å²) in [5.74, 6) is -0.0574. The van der Waals surface area contributed by atoms with Crippen LogP contribution in [-0.2, 0) is 10.3 Å². The lowest BCUT2D eigenvalue weighted by Gasteiger charge is -2.44. The zero-order valence-electron chi connectivity index (χ0n) is 16.4. The Morgan fingerprint density at radius 2 is 1.35 bits per heavy atom. The Morgan fingerprint density at radius 1 is 0.774 bits per heavy atom. The van der Waals surface area contributed by atoms with E-state index in [2.05, 4.69) is 35.6 Å². The molecule has 1 aliphatic heterocycles. The average Bonchev–Trinajstić information content (AvgIpc) is 2.81. The number of fused-ring (bicyclic) bond motifs is 1. The maximum absolute atomic E-state index is 10.7. The van der Waals surface area contributed by atoms with Crippen LogP contribution in [0.3, 0.4) is 0 Å². The number of halogens is 2. The Bertz CT molecular complexity index is 1190. The first-order valence-electron chi connectivity index (χ1n) is 9.92. The Balaban J connectivity index is 1.80. The molecule has 154 valence electrons. The zero-order valence-corrected chi connectivity index (χ0v) is 17.9. The van der Waals surface area contributed by atoms with E-state index in [1.807, 2.05) is 54.6 Å². The summed E-state index contributed by atoms with van der Waals surface area (Å²) in [6.45, 7) is 0. The van der Waals surface area contributed by atoms with Crippen molar-refractivity contribution in [2.75, 3.05) is 5.32 Å². The average molecular weight is 448 g/mol. The lowest BCUT2D eigenvalue weighted by molar-refractivity contribution is -0.0440. The van der Waals surface area contributed by atoms with Gasteiger partial charge in [-0.3, -0.25) is 0 Å². The number of phenolic OH excluding ortho intramolecular Hbond substituents is 1. The van der Waals surface area contributed by atoms with E-state index in [1.165, 1.54) is 6.07 Å². The van der Waals surface area contributed by atoms with E-state index in [4.69, 9.17) is 27.9 Å². The normalized spacial score (nSPS) is 16.9. The van der Waals surface area contributed by atoms with E-state index in [1.54, 1.807) is 6.07 Å². The van der Waals surface area contributed by atoms with Gasteiger partial charge in [-0.25, -0.2) is 0 Å². The molecule has 5 rings (SSSR count). The first kappa shape index (κ1) is 20.0. The Hall–Kier alpha value is -2.98. The van der Waals surface area contributed by atoms with Crippen LogP contribution in [0.4, 0.5) is 5.69 Å². The van der Waals surface area contributed by atoms with Gasteiger partial charge in [-0.1, -0.05) is 102 Å². The molecule has 0 spiro atoms. The molecule has 0 aromatic heterocycles. The number of hydrogen-bond donors (Lipinski definition) is 2. The summed E-state index contributed by atoms with van der Waals surface area (Å²) in [5, 5.41) is 14.7. The molecule has 0 radical (unpaired) electrons. The molecule has 0 fully saturated rings. The molecule has 0 unspecified atom stereocenters. The van der Waals surface area contributed by atoms with Crippen LogP contribution in [0.5, 0.6) is 5.75 Å². The van der Waals surface area contributed by atoms with Gasteiger partial charge in [0.05, 0.1) is 5.02 Å². The third kappa shape index (κ3) is 3.35. The molecule has 1 atom stereocenters. The third-order valence-electron chi connectivity index (χ3n) is 5.59. The fourth-order valence-corrected chi connectivity index (χ4v) is 4.72. The summed E-state index contributed by atoms with van der Waals surface area (Å²) in [5.41, 5.74) is 3.41. The Morgan fingerprint density at radius 3 is 2.00 bits per heavy atom. The lowest BCUT2D eigenvalue weighted by Crippen LogP contribution is -2.40. The van der Waals surface area contributed by atoms with E-state index >= 15 is 0 Å². The molecular weight excluding hydrogens is 429 g/mol. The van der Waals surface area contributed by atoms with Crippen molar-refractivity contribution in [3.8, 4) is 5.75 Å². The predicted octanol–water partition coefficient (Wildman–Crippen LogP) is 7.13. The van der Waals surface area contributed by atoms with Crippen molar-refractivity contribution >= 4 is 28.9 Å². The number of aromatic hydroxyl groups is 1. The van der Waals surface area contributed by atoms with E-state index in [-0.39, 0.29) is 10.8 Å². The van der Waals surface area contributed by atoms with Crippen LogP contribution in [0.25, 0.3) is 0 Å². The highest BCUT2D eigenvalue weighted by Gasteiger charge is 2.45. The fourth-order valence-electron chi connectivity index (χ4n) is 4.21. The minimum absolute atomic E-state index is 0.0574. The van der Waals surface area contributed by atoms with Gasteiger partial charge in [-0.05, 0) is 29.3 Å². The van der Waals surface area contributed by atoms with Crippen LogP contribution in [0.1, 0.15) is 28.5 Å². The predicted molar refractivity (Wildman–Crippen MR) is 125 cm³/mol. The molecule has 4 aromatic rings. The molecular formula is C26H19Cl2NO2. The number of rotatable bonds is 3. The second-order valence-corrected chi connectivity index (χ2v) is 8.27. The van der Waals surface area contributed by atoms with E-state index in [0.29, 0.717) is 10.6 Å². The highest BCUT2D eigenvalue weighted by Crippen LogP contribution is 2.51. The van der Waals surface area contributed by atoms with Gasteiger partial charge in [0.2, 0.25) is 0 Å². The van der Waals surface area contributed by atoms with Gasteiger partial charge in [0.25, 0.3) is 0 Å². The largest absolute Gasteiger partial charge is 0.506 e. The summed E-state index contributed by atoms with van der Waals surface area (Å²) in [7, 11) is 0. The summed E-state index contributed by atoms with van der Waals surface area (Å²) in [4.78, 5) is 0. The molecule has 0 saturated carbocycles. The van der Waals surface area contributed by atoms with E-state index in [0.717, 1.165) is 22.4 Å². The van der Waals surface area contributed by atoms with Crippen LogP contribution in [0.15, 0.2) is 97.1 Å². The van der Waals surface area contributed by atoms with Gasteiger partial charge >= 0.3 is 0 Å². The van der Waals surface area contributed by atoms with Crippen molar-refractivity contribution in [3.05, 3.63) is 129 Å². The molecule has 0 amide bonds. The maximum atomic E-state index is 10.7. The molecule has 31 heavy (non-hydrogen) atoms. The molecule has 1 aliphatic rings. The molecule has 2 N–H and O–H groups in total. The number of nitrogens with one attached hydrogen (secondary N) is 1. The smallest absolute Gasteiger partial charge is 0.159 e. The first-order valence-corrected chi connectivity index (χ1v) is 10.7. The minimum atomic E-state index is -0.906. The molecule has 0 bridgehead atoms. The summed E-state index contributed by atoms with van der Waals surface area (Å²) in [6, 6.07) is 31.4. The van der Waals surface area contributed by atoms with Crippen molar-refractivity contribution in [1.29, 1.82) is 0 Å². The SMILES string of the molecule is Oc1c(Cl)cc(Cl)cc1[C@H]1Nc2ccccc2C(c2ccccc2)(c2ccccc2)O1. The van der Waals surface area contributed by atoms with Gasteiger partial charge in [-0.2, -0.15) is 0 Å². The maximum Gasteiger partial charge on any atom is 0.159 e. The van der Waals surface area contributed by atoms with Crippen molar-refractivity contribution in [2.45, 2.75) is 11.8 Å². The second-order valence-electron chi connectivity index (χ2n) is 7.43.